The smallest absolute Gasteiger partial charge is 0.255 e. The number of hydrogen-bond donors (Lipinski definition) is 1. The van der Waals surface area contributed by atoms with Gasteiger partial charge in [0.15, 0.2) is 23.3 Å². The molecule has 1 aromatic heterocycles. The molecule has 0 unspecified atom stereocenters. The van der Waals surface area contributed by atoms with Crippen LogP contribution in [-0.4, -0.2) is 33.7 Å². The van der Waals surface area contributed by atoms with Gasteiger partial charge in [-0.2, -0.15) is 0 Å². The normalized spacial score (nSPS) is 17.5. The Balaban J connectivity index is 1.55. The number of aromatic amines is 1. The van der Waals surface area contributed by atoms with E-state index in [2.05, 4.69) is 15.0 Å². The minimum Gasteiger partial charge on any atom is -0.305 e. The van der Waals surface area contributed by atoms with Gasteiger partial charge in [-0.25, -0.2) is 18.2 Å². The van der Waals surface area contributed by atoms with E-state index in [0.717, 1.165) is 49.3 Å². The Labute approximate surface area is 154 Å². The Bertz CT molecular complexity index is 947. The van der Waals surface area contributed by atoms with Crippen molar-refractivity contribution in [1.29, 1.82) is 0 Å². The van der Waals surface area contributed by atoms with E-state index in [1.807, 2.05) is 4.90 Å². The monoisotopic (exact) mass is 376 g/mol. The molecule has 0 fully saturated rings. The molecule has 0 saturated carbocycles. The van der Waals surface area contributed by atoms with Crippen molar-refractivity contribution in [2.24, 2.45) is 4.99 Å². The van der Waals surface area contributed by atoms with Crippen molar-refractivity contribution < 1.29 is 13.2 Å². The fourth-order valence-electron chi connectivity index (χ4n) is 3.60. The Morgan fingerprint density at radius 3 is 2.59 bits per heavy atom. The van der Waals surface area contributed by atoms with E-state index in [1.165, 1.54) is 0 Å². The quantitative estimate of drug-likeness (QED) is 0.838. The van der Waals surface area contributed by atoms with Crippen molar-refractivity contribution in [3.05, 3.63) is 62.6 Å². The van der Waals surface area contributed by atoms with E-state index < -0.39 is 17.5 Å². The maximum absolute atomic E-state index is 13.4. The van der Waals surface area contributed by atoms with Crippen LogP contribution in [0.5, 0.6) is 0 Å². The molecule has 0 saturated heterocycles. The summed E-state index contributed by atoms with van der Waals surface area (Å²) in [6.45, 7) is 1.90. The van der Waals surface area contributed by atoms with Gasteiger partial charge in [-0.3, -0.25) is 14.7 Å². The molecule has 0 aliphatic carbocycles. The van der Waals surface area contributed by atoms with Gasteiger partial charge in [0, 0.05) is 32.6 Å². The van der Waals surface area contributed by atoms with E-state index in [4.69, 9.17) is 0 Å². The first-order chi connectivity index (χ1) is 13.0. The van der Waals surface area contributed by atoms with Crippen LogP contribution in [0.2, 0.25) is 0 Å². The topological polar surface area (TPSA) is 61.4 Å². The van der Waals surface area contributed by atoms with Crippen LogP contribution in [0.15, 0.2) is 21.9 Å². The molecule has 5 nitrogen and oxygen atoms in total. The zero-order valence-corrected chi connectivity index (χ0v) is 14.7. The fraction of sp³-hybridized carbons (Fsp3) is 0.421. The molecule has 0 atom stereocenters. The van der Waals surface area contributed by atoms with Gasteiger partial charge in [-0.05, 0) is 37.0 Å². The van der Waals surface area contributed by atoms with Gasteiger partial charge in [0.05, 0.1) is 17.0 Å². The lowest BCUT2D eigenvalue weighted by Gasteiger charge is -2.28. The standard InChI is InChI=1S/C19H19F3N4O/c20-13-7-11(8-14(21)17(13)22)9-26-6-4-15-12(10-26)19(27)25-18(24-15)16-3-1-2-5-23-16/h7-8H,1-6,9-10H2,(H,24,25,27). The summed E-state index contributed by atoms with van der Waals surface area (Å²) >= 11 is 0. The molecule has 1 N–H and O–H groups in total. The number of H-pyrrole nitrogens is 1. The molecule has 0 spiro atoms. The molecule has 2 aliphatic heterocycles. The van der Waals surface area contributed by atoms with Crippen molar-refractivity contribution in [2.75, 3.05) is 13.1 Å². The first-order valence-electron chi connectivity index (χ1n) is 9.03. The Morgan fingerprint density at radius 2 is 1.89 bits per heavy atom. The predicted octanol–water partition coefficient (Wildman–Crippen LogP) is 2.72. The second-order valence-electron chi connectivity index (χ2n) is 6.96. The number of fused-ring (bicyclic) bond motifs is 1. The largest absolute Gasteiger partial charge is 0.305 e. The number of benzene rings is 1. The van der Waals surface area contributed by atoms with Gasteiger partial charge in [-0.1, -0.05) is 0 Å². The maximum atomic E-state index is 13.4. The highest BCUT2D eigenvalue weighted by Gasteiger charge is 2.23. The van der Waals surface area contributed by atoms with Gasteiger partial charge >= 0.3 is 0 Å². The van der Waals surface area contributed by atoms with Crippen LogP contribution in [0, 0.1) is 17.5 Å². The number of nitrogens with zero attached hydrogens (tertiary/aromatic N) is 3. The van der Waals surface area contributed by atoms with E-state index in [-0.39, 0.29) is 12.1 Å². The maximum Gasteiger partial charge on any atom is 0.255 e. The van der Waals surface area contributed by atoms with Crippen LogP contribution in [0.3, 0.4) is 0 Å². The molecular formula is C19H19F3N4O. The van der Waals surface area contributed by atoms with Crippen molar-refractivity contribution in [3.63, 3.8) is 0 Å². The number of halogens is 3. The number of nitrogens with one attached hydrogen (secondary N) is 1. The highest BCUT2D eigenvalue weighted by Crippen LogP contribution is 2.20. The Morgan fingerprint density at radius 1 is 1.11 bits per heavy atom. The summed E-state index contributed by atoms with van der Waals surface area (Å²) in [6.07, 6.45) is 3.47. The SMILES string of the molecule is O=c1[nH]c(C2=NCCCC2)nc2c1CN(Cc1cc(F)c(F)c(F)c1)CC2. The molecule has 3 heterocycles. The predicted molar refractivity (Wildman–Crippen MR) is 94.2 cm³/mol. The second kappa shape index (κ2) is 7.26. The number of aromatic nitrogens is 2. The molecule has 142 valence electrons. The lowest BCUT2D eigenvalue weighted by atomic mass is 10.0. The minimum atomic E-state index is -1.47. The molecule has 0 amide bonds. The average molecular weight is 376 g/mol. The van der Waals surface area contributed by atoms with E-state index >= 15 is 0 Å². The van der Waals surface area contributed by atoms with Gasteiger partial charge in [-0.15, -0.1) is 0 Å². The van der Waals surface area contributed by atoms with Crippen molar-refractivity contribution >= 4 is 5.71 Å². The first-order valence-corrected chi connectivity index (χ1v) is 9.03. The van der Waals surface area contributed by atoms with Crippen LogP contribution in [0.4, 0.5) is 13.2 Å². The van der Waals surface area contributed by atoms with E-state index in [0.29, 0.717) is 36.5 Å². The summed E-state index contributed by atoms with van der Waals surface area (Å²) in [6, 6.07) is 1.97. The molecule has 27 heavy (non-hydrogen) atoms. The average Bonchev–Trinajstić information content (AvgIpc) is 2.67. The molecule has 1 aromatic carbocycles. The highest BCUT2D eigenvalue weighted by molar-refractivity contribution is 5.97. The van der Waals surface area contributed by atoms with Crippen molar-refractivity contribution in [1.82, 2.24) is 14.9 Å². The highest BCUT2D eigenvalue weighted by atomic mass is 19.2. The number of rotatable bonds is 3. The fourth-order valence-corrected chi connectivity index (χ4v) is 3.60. The Kier molecular flexibility index (Phi) is 4.82. The third-order valence-electron chi connectivity index (χ3n) is 5.00. The lowest BCUT2D eigenvalue weighted by molar-refractivity contribution is 0.240. The molecule has 8 heteroatoms. The minimum absolute atomic E-state index is 0.204. The van der Waals surface area contributed by atoms with Gasteiger partial charge in [0.1, 0.15) is 0 Å². The summed E-state index contributed by atoms with van der Waals surface area (Å²) < 4.78 is 39.9. The van der Waals surface area contributed by atoms with Gasteiger partial charge in [0.25, 0.3) is 5.56 Å². The number of aliphatic imine (C=N–C) groups is 1. The summed E-state index contributed by atoms with van der Waals surface area (Å²) in [5.41, 5.74) is 2.27. The summed E-state index contributed by atoms with van der Waals surface area (Å²) in [7, 11) is 0. The van der Waals surface area contributed by atoms with Gasteiger partial charge in [0.2, 0.25) is 0 Å². The van der Waals surface area contributed by atoms with E-state index in [9.17, 15) is 18.0 Å². The van der Waals surface area contributed by atoms with Crippen molar-refractivity contribution in [2.45, 2.75) is 38.8 Å². The zero-order chi connectivity index (χ0) is 19.0. The van der Waals surface area contributed by atoms with Crippen molar-refractivity contribution in [3.8, 4) is 0 Å². The third kappa shape index (κ3) is 3.66. The Hall–Kier alpha value is -2.48. The second-order valence-corrected chi connectivity index (χ2v) is 6.96. The number of hydrogen-bond acceptors (Lipinski definition) is 4. The third-order valence-corrected chi connectivity index (χ3v) is 5.00. The molecule has 0 bridgehead atoms. The summed E-state index contributed by atoms with van der Waals surface area (Å²) in [5.74, 6) is -3.34. The molecule has 2 aliphatic rings. The molecule has 0 radical (unpaired) electrons. The van der Waals surface area contributed by atoms with Crippen LogP contribution < -0.4 is 5.56 Å². The molecule has 4 rings (SSSR count). The van der Waals surface area contributed by atoms with Gasteiger partial charge < -0.3 is 4.98 Å². The lowest BCUT2D eigenvalue weighted by Crippen LogP contribution is -2.36. The van der Waals surface area contributed by atoms with Crippen LogP contribution in [-0.2, 0) is 19.5 Å². The first kappa shape index (κ1) is 17.9. The zero-order valence-electron chi connectivity index (χ0n) is 14.7. The molecular weight excluding hydrogens is 357 g/mol. The van der Waals surface area contributed by atoms with Crippen LogP contribution in [0.1, 0.15) is 41.9 Å². The molecule has 2 aromatic rings. The van der Waals surface area contributed by atoms with E-state index in [1.54, 1.807) is 0 Å². The summed E-state index contributed by atoms with van der Waals surface area (Å²) in [4.78, 5) is 26.3. The summed E-state index contributed by atoms with van der Waals surface area (Å²) in [5, 5.41) is 0. The van der Waals surface area contributed by atoms with Crippen LogP contribution in [0.25, 0.3) is 0 Å². The van der Waals surface area contributed by atoms with Crippen LogP contribution >= 0.6 is 0 Å².